The fraction of sp³-hybridized carbons (Fsp3) is 0.429. The third kappa shape index (κ3) is 3.81. The molecule has 0 aromatic carbocycles. The Balaban J connectivity index is 1.49. The first-order valence-electron chi connectivity index (χ1n) is 6.78. The second-order valence-electron chi connectivity index (χ2n) is 4.87. The van der Waals surface area contributed by atoms with E-state index < -0.39 is 6.10 Å². The van der Waals surface area contributed by atoms with Crippen LogP contribution in [0.4, 0.5) is 0 Å². The number of carbonyl (C=O) groups excluding carboxylic acids is 1. The average molecular weight is 305 g/mol. The summed E-state index contributed by atoms with van der Waals surface area (Å²) in [4.78, 5) is 21.0. The van der Waals surface area contributed by atoms with Gasteiger partial charge in [-0.3, -0.25) is 9.78 Å². The molecule has 0 saturated heterocycles. The van der Waals surface area contributed by atoms with Crippen LogP contribution in [0.3, 0.4) is 0 Å². The Morgan fingerprint density at radius 2 is 2.24 bits per heavy atom. The van der Waals surface area contributed by atoms with Gasteiger partial charge in [0.15, 0.2) is 11.9 Å². The number of carbonyl (C=O) groups is 1. The van der Waals surface area contributed by atoms with E-state index in [-0.39, 0.29) is 11.7 Å². The lowest BCUT2D eigenvalue weighted by Crippen LogP contribution is -2.11. The van der Waals surface area contributed by atoms with E-state index in [4.69, 9.17) is 9.26 Å². The molecule has 0 spiro atoms. The Bertz CT molecular complexity index is 613. The van der Waals surface area contributed by atoms with E-state index in [1.807, 2.05) is 12.1 Å². The topological polar surface area (TPSA) is 78.1 Å². The van der Waals surface area contributed by atoms with Crippen LogP contribution in [0.15, 0.2) is 33.9 Å². The van der Waals surface area contributed by atoms with Crippen LogP contribution in [0, 0.1) is 0 Å². The zero-order valence-electron chi connectivity index (χ0n) is 11.6. The van der Waals surface area contributed by atoms with Gasteiger partial charge < -0.3 is 9.26 Å². The van der Waals surface area contributed by atoms with Gasteiger partial charge in [0.1, 0.15) is 0 Å². The Hall–Kier alpha value is -1.89. The first-order valence-corrected chi connectivity index (χ1v) is 7.77. The quantitative estimate of drug-likeness (QED) is 0.599. The molecule has 3 rings (SSSR count). The molecule has 1 saturated carbocycles. The lowest BCUT2D eigenvalue weighted by atomic mass is 10.4. The highest BCUT2D eigenvalue weighted by Gasteiger charge is 2.30. The van der Waals surface area contributed by atoms with Crippen molar-refractivity contribution in [2.75, 3.05) is 5.75 Å². The van der Waals surface area contributed by atoms with Gasteiger partial charge in [-0.15, -0.1) is 11.8 Å². The molecule has 0 unspecified atom stereocenters. The molecule has 2 heterocycles. The first kappa shape index (κ1) is 14.1. The number of esters is 1. The molecule has 1 aliphatic carbocycles. The summed E-state index contributed by atoms with van der Waals surface area (Å²) in [6.45, 7) is 1.74. The fourth-order valence-corrected chi connectivity index (χ4v) is 2.44. The summed E-state index contributed by atoms with van der Waals surface area (Å²) in [5.41, 5.74) is 0. The molecule has 7 heteroatoms. The molecule has 1 aliphatic rings. The van der Waals surface area contributed by atoms with Crippen molar-refractivity contribution in [1.82, 2.24) is 15.1 Å². The molecule has 1 atom stereocenters. The number of rotatable bonds is 6. The van der Waals surface area contributed by atoms with Gasteiger partial charge in [0, 0.05) is 23.2 Å². The van der Waals surface area contributed by atoms with Crippen LogP contribution < -0.4 is 0 Å². The molecule has 0 amide bonds. The molecule has 0 radical (unpaired) electrons. The third-order valence-corrected chi connectivity index (χ3v) is 4.05. The van der Waals surface area contributed by atoms with Crippen LogP contribution in [0.2, 0.25) is 0 Å². The molecule has 21 heavy (non-hydrogen) atoms. The van der Waals surface area contributed by atoms with Gasteiger partial charge in [-0.1, -0.05) is 5.16 Å². The Labute approximate surface area is 126 Å². The largest absolute Gasteiger partial charge is 0.452 e. The second-order valence-corrected chi connectivity index (χ2v) is 5.92. The van der Waals surface area contributed by atoms with Gasteiger partial charge in [-0.05, 0) is 31.9 Å². The third-order valence-electron chi connectivity index (χ3n) is 3.06. The van der Waals surface area contributed by atoms with Crippen molar-refractivity contribution in [1.29, 1.82) is 0 Å². The molecule has 1 fully saturated rings. The summed E-state index contributed by atoms with van der Waals surface area (Å²) in [5.74, 6) is 1.43. The number of nitrogens with zero attached hydrogens (tertiary/aromatic N) is 3. The zero-order chi connectivity index (χ0) is 14.7. The van der Waals surface area contributed by atoms with Crippen LogP contribution in [0.1, 0.15) is 43.5 Å². The van der Waals surface area contributed by atoms with Crippen molar-refractivity contribution in [3.05, 3.63) is 36.2 Å². The van der Waals surface area contributed by atoms with E-state index >= 15 is 0 Å². The van der Waals surface area contributed by atoms with Crippen LogP contribution >= 0.6 is 11.8 Å². The maximum atomic E-state index is 11.8. The van der Waals surface area contributed by atoms with Crippen molar-refractivity contribution in [2.24, 2.45) is 0 Å². The number of thioether (sulfide) groups is 1. The standard InChI is InChI=1S/C14H15N3O3S/c1-9(14-16-13(17-20-14)10-2-3-10)19-12(18)8-21-11-4-6-15-7-5-11/h4-7,9-10H,2-3,8H2,1H3/t9-/m0/s1. The molecule has 0 aliphatic heterocycles. The van der Waals surface area contributed by atoms with E-state index in [0.29, 0.717) is 11.8 Å². The van der Waals surface area contributed by atoms with Gasteiger partial charge in [-0.25, -0.2) is 0 Å². The van der Waals surface area contributed by atoms with Gasteiger partial charge >= 0.3 is 5.97 Å². The monoisotopic (exact) mass is 305 g/mol. The minimum Gasteiger partial charge on any atom is -0.452 e. The maximum Gasteiger partial charge on any atom is 0.317 e. The summed E-state index contributed by atoms with van der Waals surface area (Å²) in [6.07, 6.45) is 5.07. The van der Waals surface area contributed by atoms with E-state index in [1.54, 1.807) is 19.3 Å². The highest BCUT2D eigenvalue weighted by Crippen LogP contribution is 2.38. The number of hydrogen-bond acceptors (Lipinski definition) is 7. The number of ether oxygens (including phenoxy) is 1. The number of hydrogen-bond donors (Lipinski definition) is 0. The summed E-state index contributed by atoms with van der Waals surface area (Å²) in [6, 6.07) is 3.70. The smallest absolute Gasteiger partial charge is 0.317 e. The molecule has 0 bridgehead atoms. The SMILES string of the molecule is C[C@H](OC(=O)CSc1ccncc1)c1nc(C2CC2)no1. The highest BCUT2D eigenvalue weighted by atomic mass is 32.2. The van der Waals surface area contributed by atoms with Crippen molar-refractivity contribution in [3.63, 3.8) is 0 Å². The molecule has 2 aromatic heterocycles. The average Bonchev–Trinajstić information content (AvgIpc) is 3.23. The predicted molar refractivity (Wildman–Crippen MR) is 75.7 cm³/mol. The second kappa shape index (κ2) is 6.26. The van der Waals surface area contributed by atoms with Crippen LogP contribution in [0.25, 0.3) is 0 Å². The molecule has 6 nitrogen and oxygen atoms in total. The molecule has 2 aromatic rings. The zero-order valence-corrected chi connectivity index (χ0v) is 12.4. The van der Waals surface area contributed by atoms with Crippen LogP contribution in [-0.4, -0.2) is 26.8 Å². The predicted octanol–water partition coefficient (Wildman–Crippen LogP) is 2.74. The minimum absolute atomic E-state index is 0.234. The van der Waals surface area contributed by atoms with Crippen LogP contribution in [0.5, 0.6) is 0 Å². The van der Waals surface area contributed by atoms with E-state index in [2.05, 4.69) is 15.1 Å². The highest BCUT2D eigenvalue weighted by molar-refractivity contribution is 8.00. The van der Waals surface area contributed by atoms with Crippen molar-refractivity contribution >= 4 is 17.7 Å². The molecule has 110 valence electrons. The molecule has 0 N–H and O–H groups in total. The summed E-state index contributed by atoms with van der Waals surface area (Å²) >= 11 is 1.40. The Kier molecular flexibility index (Phi) is 4.19. The van der Waals surface area contributed by atoms with Gasteiger partial charge in [0.05, 0.1) is 5.75 Å². The number of aromatic nitrogens is 3. The summed E-state index contributed by atoms with van der Waals surface area (Å²) in [7, 11) is 0. The molecular formula is C14H15N3O3S. The van der Waals surface area contributed by atoms with Gasteiger partial charge in [0.25, 0.3) is 5.89 Å². The van der Waals surface area contributed by atoms with Crippen molar-refractivity contribution in [2.45, 2.75) is 36.7 Å². The van der Waals surface area contributed by atoms with Crippen molar-refractivity contribution in [3.8, 4) is 0 Å². The van der Waals surface area contributed by atoms with Crippen LogP contribution in [-0.2, 0) is 9.53 Å². The van der Waals surface area contributed by atoms with E-state index in [9.17, 15) is 4.79 Å². The number of pyridine rings is 1. The maximum absolute atomic E-state index is 11.8. The van der Waals surface area contributed by atoms with E-state index in [0.717, 1.165) is 23.6 Å². The fourth-order valence-electron chi connectivity index (χ4n) is 1.78. The first-order chi connectivity index (χ1) is 10.2. The Morgan fingerprint density at radius 3 is 2.95 bits per heavy atom. The van der Waals surface area contributed by atoms with E-state index in [1.165, 1.54) is 11.8 Å². The lowest BCUT2D eigenvalue weighted by molar-refractivity contribution is -0.146. The minimum atomic E-state index is -0.518. The molecular weight excluding hydrogens is 290 g/mol. The van der Waals surface area contributed by atoms with Crippen molar-refractivity contribution < 1.29 is 14.1 Å². The summed E-state index contributed by atoms with van der Waals surface area (Å²) < 4.78 is 10.4. The normalized spacial score (nSPS) is 15.7. The Morgan fingerprint density at radius 1 is 1.48 bits per heavy atom. The van der Waals surface area contributed by atoms with Gasteiger partial charge in [0.2, 0.25) is 0 Å². The summed E-state index contributed by atoms with van der Waals surface area (Å²) in [5, 5.41) is 3.91. The lowest BCUT2D eigenvalue weighted by Gasteiger charge is -2.08. The van der Waals surface area contributed by atoms with Gasteiger partial charge in [-0.2, -0.15) is 4.98 Å².